The van der Waals surface area contributed by atoms with Crippen LogP contribution in [0.4, 0.5) is 0 Å². The topological polar surface area (TPSA) is 9.23 Å². The van der Waals surface area contributed by atoms with Crippen LogP contribution in [-0.4, -0.2) is 10.5 Å². The molecule has 0 saturated heterocycles. The maximum Gasteiger partial charge on any atom is 0.267 e. The van der Waals surface area contributed by atoms with Crippen molar-refractivity contribution in [3.8, 4) is 5.75 Å². The number of halogens is 3. The van der Waals surface area contributed by atoms with Gasteiger partial charge in [0.1, 0.15) is 5.75 Å². The molecule has 1 atom stereocenters. The van der Waals surface area contributed by atoms with Crippen molar-refractivity contribution in [3.05, 3.63) is 29.3 Å². The summed E-state index contributed by atoms with van der Waals surface area (Å²) in [6.45, 7) is 5.43. The fourth-order valence-electron chi connectivity index (χ4n) is 4.78. The second kappa shape index (κ2) is 14.7. The Hall–Kier alpha value is 0.677. The summed E-state index contributed by atoms with van der Waals surface area (Å²) in [6, 6.07) is 8.33. The Morgan fingerprint density at radius 2 is 1.70 bits per heavy atom. The van der Waals surface area contributed by atoms with Gasteiger partial charge in [0.25, 0.3) is 3.93 Å². The molecule has 172 valence electrons. The van der Waals surface area contributed by atoms with Crippen LogP contribution in [-0.2, 0) is 0 Å². The maximum absolute atomic E-state index is 6.35. The Labute approximate surface area is 210 Å². The lowest BCUT2D eigenvalue weighted by Crippen LogP contribution is -2.11. The minimum absolute atomic E-state index is 0.688. The van der Waals surface area contributed by atoms with Crippen molar-refractivity contribution in [2.45, 2.75) is 115 Å². The number of ether oxygens (including phenoxy) is 1. The standard InChI is InChI=1S/C25H41Br3OSi/c1-3-5-6-8-13-21(12-4-2)23-16-17-25(29-18-11-19-30(26,27)28)24(20-23)22-14-9-7-10-15-22/h16-17,20-22H,3-15,18-19H2,1-2H3. The van der Waals surface area contributed by atoms with Crippen LogP contribution in [0.1, 0.15) is 120 Å². The molecule has 1 unspecified atom stereocenters. The molecule has 1 aromatic carbocycles. The summed E-state index contributed by atoms with van der Waals surface area (Å²) in [4.78, 5) is 0. The van der Waals surface area contributed by atoms with Crippen molar-refractivity contribution in [1.82, 2.24) is 0 Å². The van der Waals surface area contributed by atoms with Gasteiger partial charge in [0, 0.05) is 0 Å². The molecular weight excluding hydrogens is 584 g/mol. The molecule has 1 nitrogen and oxygen atoms in total. The van der Waals surface area contributed by atoms with E-state index in [1.54, 1.807) is 5.56 Å². The molecule has 0 amide bonds. The number of hydrogen-bond donors (Lipinski definition) is 0. The van der Waals surface area contributed by atoms with Gasteiger partial charge in [-0.2, -0.15) is 0 Å². The van der Waals surface area contributed by atoms with Crippen molar-refractivity contribution in [2.75, 3.05) is 6.61 Å². The highest BCUT2D eigenvalue weighted by Gasteiger charge is 2.23. The first-order valence-corrected chi connectivity index (χ1v) is 21.3. The summed E-state index contributed by atoms with van der Waals surface area (Å²) in [7, 11) is 0. The monoisotopic (exact) mass is 622 g/mol. The van der Waals surface area contributed by atoms with Crippen LogP contribution in [0, 0.1) is 0 Å². The molecule has 1 aromatic rings. The van der Waals surface area contributed by atoms with Gasteiger partial charge in [-0.1, -0.05) is 123 Å². The quantitative estimate of drug-likeness (QED) is 0.114. The fraction of sp³-hybridized carbons (Fsp3) is 0.760. The molecule has 5 heteroatoms. The molecule has 0 aliphatic heterocycles. The summed E-state index contributed by atoms with van der Waals surface area (Å²) in [5, 5.41) is 0. The van der Waals surface area contributed by atoms with Crippen LogP contribution in [0.5, 0.6) is 5.75 Å². The predicted octanol–water partition coefficient (Wildman–Crippen LogP) is 10.5. The molecular formula is C25H41Br3OSi. The van der Waals surface area contributed by atoms with E-state index in [9.17, 15) is 0 Å². The third-order valence-electron chi connectivity index (χ3n) is 6.46. The minimum atomic E-state index is -1.54. The SMILES string of the molecule is CCCCCCC(CCC)c1ccc(OCCC[Si](Br)(Br)Br)c(C2CCCCC2)c1. The van der Waals surface area contributed by atoms with Crippen LogP contribution in [0.3, 0.4) is 0 Å². The van der Waals surface area contributed by atoms with Gasteiger partial charge in [0.05, 0.1) is 6.61 Å². The van der Waals surface area contributed by atoms with E-state index in [1.807, 2.05) is 0 Å². The lowest BCUT2D eigenvalue weighted by Gasteiger charge is -2.26. The van der Waals surface area contributed by atoms with Gasteiger partial charge in [-0.25, -0.2) is 0 Å². The first-order chi connectivity index (χ1) is 14.4. The maximum atomic E-state index is 6.35. The third-order valence-corrected chi connectivity index (χ3v) is 10.9. The molecule has 1 aliphatic rings. The van der Waals surface area contributed by atoms with E-state index < -0.39 is 3.93 Å². The van der Waals surface area contributed by atoms with Crippen molar-refractivity contribution in [2.24, 2.45) is 0 Å². The van der Waals surface area contributed by atoms with E-state index in [2.05, 4.69) is 77.9 Å². The Morgan fingerprint density at radius 3 is 2.37 bits per heavy atom. The molecule has 30 heavy (non-hydrogen) atoms. The highest BCUT2D eigenvalue weighted by Crippen LogP contribution is 2.40. The van der Waals surface area contributed by atoms with Crippen molar-refractivity contribution in [1.29, 1.82) is 0 Å². The van der Waals surface area contributed by atoms with Gasteiger partial charge in [0.15, 0.2) is 0 Å². The molecule has 1 saturated carbocycles. The fourth-order valence-corrected chi connectivity index (χ4v) is 7.85. The molecule has 1 fully saturated rings. The van der Waals surface area contributed by atoms with E-state index >= 15 is 0 Å². The second-order valence-electron chi connectivity index (χ2n) is 9.03. The Morgan fingerprint density at radius 1 is 0.933 bits per heavy atom. The third kappa shape index (κ3) is 10.1. The van der Waals surface area contributed by atoms with Gasteiger partial charge in [-0.05, 0) is 67.2 Å². The summed E-state index contributed by atoms with van der Waals surface area (Å²) in [5.74, 6) is 2.55. The second-order valence-corrected chi connectivity index (χ2v) is 32.5. The largest absolute Gasteiger partial charge is 0.493 e. The molecule has 0 radical (unpaired) electrons. The van der Waals surface area contributed by atoms with E-state index in [1.165, 1.54) is 82.6 Å². The van der Waals surface area contributed by atoms with E-state index in [0.717, 1.165) is 24.8 Å². The predicted molar refractivity (Wildman–Crippen MR) is 146 cm³/mol. The zero-order valence-electron chi connectivity index (χ0n) is 19.0. The zero-order valence-corrected chi connectivity index (χ0v) is 24.8. The first kappa shape index (κ1) is 26.9. The number of unbranched alkanes of at least 4 members (excludes halogenated alkanes) is 3. The molecule has 2 rings (SSSR count). The first-order valence-electron chi connectivity index (χ1n) is 12.3. The molecule has 0 spiro atoms. The van der Waals surface area contributed by atoms with Crippen LogP contribution in [0.25, 0.3) is 0 Å². The highest BCUT2D eigenvalue weighted by molar-refractivity contribution is 9.72. The average Bonchev–Trinajstić information content (AvgIpc) is 2.73. The minimum Gasteiger partial charge on any atom is -0.493 e. The van der Waals surface area contributed by atoms with E-state index in [-0.39, 0.29) is 0 Å². The van der Waals surface area contributed by atoms with Gasteiger partial charge >= 0.3 is 0 Å². The van der Waals surface area contributed by atoms with Crippen LogP contribution < -0.4 is 4.74 Å². The van der Waals surface area contributed by atoms with E-state index in [0.29, 0.717) is 11.8 Å². The lowest BCUT2D eigenvalue weighted by atomic mass is 9.81. The lowest BCUT2D eigenvalue weighted by molar-refractivity contribution is 0.307. The molecule has 0 aromatic heterocycles. The Kier molecular flexibility index (Phi) is 13.2. The molecule has 0 heterocycles. The highest BCUT2D eigenvalue weighted by atomic mass is 80.0. The summed E-state index contributed by atoms with van der Waals surface area (Å²) < 4.78 is 4.82. The van der Waals surface area contributed by atoms with Crippen molar-refractivity contribution in [3.63, 3.8) is 0 Å². The summed E-state index contributed by atoms with van der Waals surface area (Å²) in [5.41, 5.74) is 3.07. The van der Waals surface area contributed by atoms with Crippen LogP contribution in [0.15, 0.2) is 18.2 Å². The van der Waals surface area contributed by atoms with Gasteiger partial charge < -0.3 is 4.74 Å². The molecule has 0 N–H and O–H groups in total. The zero-order chi connectivity index (χ0) is 21.8. The van der Waals surface area contributed by atoms with Gasteiger partial charge in [0.2, 0.25) is 0 Å². The molecule has 1 aliphatic carbocycles. The normalized spacial score (nSPS) is 16.6. The van der Waals surface area contributed by atoms with E-state index in [4.69, 9.17) is 4.74 Å². The van der Waals surface area contributed by atoms with Crippen molar-refractivity contribution < 1.29 is 4.74 Å². The number of benzene rings is 1. The van der Waals surface area contributed by atoms with Gasteiger partial charge in [-0.3, -0.25) is 0 Å². The number of rotatable bonds is 14. The van der Waals surface area contributed by atoms with Crippen molar-refractivity contribution >= 4 is 49.8 Å². The van der Waals surface area contributed by atoms with Crippen LogP contribution >= 0.6 is 45.9 Å². The summed E-state index contributed by atoms with van der Waals surface area (Å²) in [6.07, 6.45) is 17.2. The smallest absolute Gasteiger partial charge is 0.267 e. The molecule has 0 bridgehead atoms. The Bertz CT molecular complexity index is 597. The Balaban J connectivity index is 2.12. The number of hydrogen-bond acceptors (Lipinski definition) is 1. The average molecular weight is 625 g/mol. The van der Waals surface area contributed by atoms with Crippen LogP contribution in [0.2, 0.25) is 6.04 Å². The van der Waals surface area contributed by atoms with Gasteiger partial charge in [-0.15, -0.1) is 0 Å². The summed E-state index contributed by atoms with van der Waals surface area (Å²) >= 11 is 11.2.